The van der Waals surface area contributed by atoms with Crippen LogP contribution >= 0.6 is 0 Å². The van der Waals surface area contributed by atoms with Crippen LogP contribution in [0.4, 0.5) is 0 Å². The van der Waals surface area contributed by atoms with Gasteiger partial charge in [0, 0.05) is 24.3 Å². The minimum absolute atomic E-state index is 0.00135. The molecule has 0 aliphatic heterocycles. The third kappa shape index (κ3) is 3.18. The normalized spacial score (nSPS) is 11.8. The highest BCUT2D eigenvalue weighted by Crippen LogP contribution is 2.21. The number of aryl methyl sites for hydroxylation is 1. The molecule has 0 aliphatic rings. The van der Waals surface area contributed by atoms with Gasteiger partial charge in [0.25, 0.3) is 0 Å². The van der Waals surface area contributed by atoms with Crippen LogP contribution in [-0.4, -0.2) is 40.0 Å². The monoisotopic (exact) mass is 344 g/mol. The Bertz CT molecular complexity index is 1040. The van der Waals surface area contributed by atoms with E-state index in [-0.39, 0.29) is 17.1 Å². The van der Waals surface area contributed by atoms with Crippen molar-refractivity contribution < 1.29 is 13.2 Å². The lowest BCUT2D eigenvalue weighted by molar-refractivity contribution is -0.116. The molecule has 0 saturated heterocycles. The molecule has 2 heterocycles. The Morgan fingerprint density at radius 2 is 1.83 bits per heavy atom. The average molecular weight is 344 g/mol. The standard InChI is InChI=1S/C16H16N4O3S/c1-10(21)8-13-9-15-17-11(2)19-20(15)16(18-13)12-4-6-14(7-5-12)24(3,22)23/h4-7,9H,8H2,1-3H3. The summed E-state index contributed by atoms with van der Waals surface area (Å²) in [6.45, 7) is 3.27. The van der Waals surface area contributed by atoms with Crippen LogP contribution in [0.3, 0.4) is 0 Å². The minimum Gasteiger partial charge on any atom is -0.300 e. The van der Waals surface area contributed by atoms with Crippen molar-refractivity contribution in [1.29, 1.82) is 0 Å². The number of benzene rings is 1. The van der Waals surface area contributed by atoms with E-state index >= 15 is 0 Å². The summed E-state index contributed by atoms with van der Waals surface area (Å²) in [6, 6.07) is 8.13. The van der Waals surface area contributed by atoms with Crippen LogP contribution in [0.2, 0.25) is 0 Å². The van der Waals surface area contributed by atoms with Crippen molar-refractivity contribution in [1.82, 2.24) is 19.6 Å². The Morgan fingerprint density at radius 1 is 1.17 bits per heavy atom. The van der Waals surface area contributed by atoms with Crippen LogP contribution in [0.25, 0.3) is 17.0 Å². The SMILES string of the molecule is CC(=O)Cc1cc2nc(C)nn2c(-c2ccc(S(C)(=O)=O)cc2)n1. The van der Waals surface area contributed by atoms with Gasteiger partial charge in [-0.2, -0.15) is 4.52 Å². The predicted octanol–water partition coefficient (Wildman–Crippen LogP) is 1.63. The van der Waals surface area contributed by atoms with Gasteiger partial charge in [-0.05, 0) is 38.1 Å². The maximum absolute atomic E-state index is 11.6. The van der Waals surface area contributed by atoms with Crippen LogP contribution in [0.1, 0.15) is 18.4 Å². The van der Waals surface area contributed by atoms with E-state index in [1.165, 1.54) is 19.1 Å². The van der Waals surface area contributed by atoms with Gasteiger partial charge in [-0.3, -0.25) is 4.79 Å². The number of aromatic nitrogens is 4. The quantitative estimate of drug-likeness (QED) is 0.714. The molecule has 24 heavy (non-hydrogen) atoms. The van der Waals surface area contributed by atoms with Crippen molar-refractivity contribution in [3.63, 3.8) is 0 Å². The number of carbonyl (C=O) groups is 1. The summed E-state index contributed by atoms with van der Waals surface area (Å²) in [5.41, 5.74) is 1.90. The van der Waals surface area contributed by atoms with Gasteiger partial charge in [0.05, 0.1) is 10.6 Å². The fourth-order valence-electron chi connectivity index (χ4n) is 2.43. The van der Waals surface area contributed by atoms with E-state index in [4.69, 9.17) is 0 Å². The zero-order chi connectivity index (χ0) is 17.5. The fourth-order valence-corrected chi connectivity index (χ4v) is 3.06. The van der Waals surface area contributed by atoms with Gasteiger partial charge in [0.2, 0.25) is 0 Å². The summed E-state index contributed by atoms with van der Waals surface area (Å²) in [7, 11) is -3.26. The van der Waals surface area contributed by atoms with Gasteiger partial charge < -0.3 is 0 Å². The Labute approximate surface area is 139 Å². The van der Waals surface area contributed by atoms with Crippen molar-refractivity contribution in [3.05, 3.63) is 41.9 Å². The van der Waals surface area contributed by atoms with Gasteiger partial charge in [-0.15, -0.1) is 5.10 Å². The fraction of sp³-hybridized carbons (Fsp3) is 0.250. The molecule has 0 atom stereocenters. The topological polar surface area (TPSA) is 94.3 Å². The number of ketones is 1. The molecular formula is C16H16N4O3S. The molecule has 7 nitrogen and oxygen atoms in total. The highest BCUT2D eigenvalue weighted by molar-refractivity contribution is 7.90. The maximum Gasteiger partial charge on any atom is 0.175 e. The number of fused-ring (bicyclic) bond motifs is 1. The van der Waals surface area contributed by atoms with Gasteiger partial charge in [0.1, 0.15) is 11.6 Å². The summed E-state index contributed by atoms with van der Waals surface area (Å²) in [5, 5.41) is 4.32. The zero-order valence-corrected chi connectivity index (χ0v) is 14.3. The van der Waals surface area contributed by atoms with E-state index in [1.54, 1.807) is 29.6 Å². The number of hydrogen-bond acceptors (Lipinski definition) is 6. The number of nitrogens with zero attached hydrogens (tertiary/aromatic N) is 4. The maximum atomic E-state index is 11.6. The third-order valence-electron chi connectivity index (χ3n) is 3.45. The summed E-state index contributed by atoms with van der Waals surface area (Å²) in [4.78, 5) is 20.5. The molecule has 0 radical (unpaired) electrons. The van der Waals surface area contributed by atoms with E-state index in [9.17, 15) is 13.2 Å². The molecule has 0 saturated carbocycles. The first kappa shape index (κ1) is 16.3. The van der Waals surface area contributed by atoms with Crippen molar-refractivity contribution in [2.75, 3.05) is 6.26 Å². The minimum atomic E-state index is -3.26. The van der Waals surface area contributed by atoms with Gasteiger partial charge in [-0.25, -0.2) is 18.4 Å². The molecule has 124 valence electrons. The molecule has 0 unspecified atom stereocenters. The number of hydrogen-bond donors (Lipinski definition) is 0. The Kier molecular flexibility index (Phi) is 3.92. The number of rotatable bonds is 4. The number of carbonyl (C=O) groups excluding carboxylic acids is 1. The molecule has 0 fully saturated rings. The van der Waals surface area contributed by atoms with Crippen molar-refractivity contribution >= 4 is 21.3 Å². The van der Waals surface area contributed by atoms with Crippen LogP contribution < -0.4 is 0 Å². The second-order valence-electron chi connectivity index (χ2n) is 5.68. The molecule has 0 N–H and O–H groups in total. The molecule has 2 aromatic heterocycles. The molecule has 1 aromatic carbocycles. The van der Waals surface area contributed by atoms with Crippen LogP contribution in [0.5, 0.6) is 0 Å². The summed E-state index contributed by atoms with van der Waals surface area (Å²) in [5.74, 6) is 1.11. The lowest BCUT2D eigenvalue weighted by Gasteiger charge is -2.07. The van der Waals surface area contributed by atoms with Gasteiger partial charge in [-0.1, -0.05) is 0 Å². The molecule has 0 bridgehead atoms. The lowest BCUT2D eigenvalue weighted by atomic mass is 10.2. The van der Waals surface area contributed by atoms with E-state index in [0.29, 0.717) is 28.6 Å². The first-order valence-corrected chi connectivity index (χ1v) is 9.16. The summed E-state index contributed by atoms with van der Waals surface area (Å²) < 4.78 is 24.8. The van der Waals surface area contributed by atoms with E-state index in [0.717, 1.165) is 6.26 Å². The smallest absolute Gasteiger partial charge is 0.175 e. The highest BCUT2D eigenvalue weighted by atomic mass is 32.2. The Morgan fingerprint density at radius 3 is 2.42 bits per heavy atom. The molecule has 0 aliphatic carbocycles. The Hall–Kier alpha value is -2.61. The largest absolute Gasteiger partial charge is 0.300 e. The first-order valence-electron chi connectivity index (χ1n) is 7.27. The lowest BCUT2D eigenvalue weighted by Crippen LogP contribution is -2.05. The Balaban J connectivity index is 2.18. The molecule has 0 spiro atoms. The second kappa shape index (κ2) is 5.79. The molecule has 3 aromatic rings. The number of Topliss-reactive ketones (excluding diaryl/α,β-unsaturated/α-hetero) is 1. The molecule has 0 amide bonds. The summed E-state index contributed by atoms with van der Waals surface area (Å²) >= 11 is 0. The van der Waals surface area contributed by atoms with E-state index in [2.05, 4.69) is 15.1 Å². The zero-order valence-electron chi connectivity index (χ0n) is 13.5. The average Bonchev–Trinajstić information content (AvgIpc) is 2.85. The van der Waals surface area contributed by atoms with Crippen LogP contribution in [-0.2, 0) is 21.1 Å². The molecule has 3 rings (SSSR count). The molecule has 8 heteroatoms. The third-order valence-corrected chi connectivity index (χ3v) is 4.58. The van der Waals surface area contributed by atoms with Crippen molar-refractivity contribution in [2.24, 2.45) is 0 Å². The van der Waals surface area contributed by atoms with Gasteiger partial charge in [0.15, 0.2) is 21.3 Å². The van der Waals surface area contributed by atoms with Crippen molar-refractivity contribution in [2.45, 2.75) is 25.2 Å². The second-order valence-corrected chi connectivity index (χ2v) is 7.69. The first-order chi connectivity index (χ1) is 11.2. The van der Waals surface area contributed by atoms with Crippen LogP contribution in [0, 0.1) is 6.92 Å². The number of sulfone groups is 1. The summed E-state index contributed by atoms with van der Waals surface area (Å²) in [6.07, 6.45) is 1.36. The highest BCUT2D eigenvalue weighted by Gasteiger charge is 2.14. The van der Waals surface area contributed by atoms with E-state index < -0.39 is 9.84 Å². The molecular weight excluding hydrogens is 328 g/mol. The predicted molar refractivity (Wildman–Crippen MR) is 88.4 cm³/mol. The van der Waals surface area contributed by atoms with Gasteiger partial charge >= 0.3 is 0 Å². The van der Waals surface area contributed by atoms with E-state index in [1.807, 2.05) is 0 Å². The van der Waals surface area contributed by atoms with Crippen molar-refractivity contribution in [3.8, 4) is 11.4 Å². The van der Waals surface area contributed by atoms with Crippen LogP contribution in [0.15, 0.2) is 35.2 Å².